The SMILES string of the molecule is Cc1ccccc1C(=O)N1CCCC2(CCCCCOc3ccccc3C(=O)NC2)C1. The molecule has 4 rings (SSSR count). The van der Waals surface area contributed by atoms with Gasteiger partial charge in [0.2, 0.25) is 0 Å². The zero-order valence-electron chi connectivity index (χ0n) is 18.4. The maximum atomic E-state index is 13.3. The van der Waals surface area contributed by atoms with Crippen molar-refractivity contribution in [1.29, 1.82) is 0 Å². The molecule has 2 aliphatic heterocycles. The van der Waals surface area contributed by atoms with Crippen molar-refractivity contribution in [3.63, 3.8) is 0 Å². The van der Waals surface area contributed by atoms with E-state index in [9.17, 15) is 9.59 Å². The average Bonchev–Trinajstić information content (AvgIpc) is 2.79. The topological polar surface area (TPSA) is 58.6 Å². The van der Waals surface area contributed by atoms with Gasteiger partial charge in [-0.1, -0.05) is 43.2 Å². The van der Waals surface area contributed by atoms with Gasteiger partial charge in [-0.2, -0.15) is 0 Å². The number of hydrogen-bond donors (Lipinski definition) is 1. The number of fused-ring (bicyclic) bond motifs is 1. The number of piperidine rings is 1. The predicted molar refractivity (Wildman–Crippen MR) is 121 cm³/mol. The molecule has 0 saturated carbocycles. The summed E-state index contributed by atoms with van der Waals surface area (Å²) in [6.45, 7) is 4.66. The molecule has 1 N–H and O–H groups in total. The first-order chi connectivity index (χ1) is 15.1. The van der Waals surface area contributed by atoms with E-state index in [1.165, 1.54) is 0 Å². The van der Waals surface area contributed by atoms with Gasteiger partial charge in [0.05, 0.1) is 12.2 Å². The van der Waals surface area contributed by atoms with Gasteiger partial charge in [0, 0.05) is 30.6 Å². The molecule has 164 valence electrons. The summed E-state index contributed by atoms with van der Waals surface area (Å²) < 4.78 is 5.86. The lowest BCUT2D eigenvalue weighted by Gasteiger charge is -2.43. The molecule has 1 spiro atoms. The van der Waals surface area contributed by atoms with Crippen molar-refractivity contribution in [2.75, 3.05) is 26.2 Å². The van der Waals surface area contributed by atoms with Crippen molar-refractivity contribution in [1.82, 2.24) is 10.2 Å². The van der Waals surface area contributed by atoms with E-state index in [2.05, 4.69) is 5.32 Å². The fraction of sp³-hybridized carbons (Fsp3) is 0.462. The minimum absolute atomic E-state index is 0.0821. The Balaban J connectivity index is 1.54. The summed E-state index contributed by atoms with van der Waals surface area (Å²) >= 11 is 0. The summed E-state index contributed by atoms with van der Waals surface area (Å²) in [6.07, 6.45) is 6.14. The molecule has 1 atom stereocenters. The number of ether oxygens (including phenoxy) is 1. The Bertz CT molecular complexity index is 942. The van der Waals surface area contributed by atoms with Crippen molar-refractivity contribution in [3.8, 4) is 5.75 Å². The lowest BCUT2D eigenvalue weighted by atomic mass is 9.75. The highest BCUT2D eigenvalue weighted by atomic mass is 16.5. The zero-order valence-corrected chi connectivity index (χ0v) is 18.4. The van der Waals surface area contributed by atoms with Crippen molar-refractivity contribution in [2.24, 2.45) is 5.41 Å². The summed E-state index contributed by atoms with van der Waals surface area (Å²) in [5.74, 6) is 0.654. The van der Waals surface area contributed by atoms with Gasteiger partial charge >= 0.3 is 0 Å². The molecule has 0 aliphatic carbocycles. The average molecular weight is 421 g/mol. The number of benzene rings is 2. The Morgan fingerprint density at radius 1 is 1.00 bits per heavy atom. The number of nitrogens with zero attached hydrogens (tertiary/aromatic N) is 1. The molecule has 0 bridgehead atoms. The molecule has 2 amide bonds. The third-order valence-electron chi connectivity index (χ3n) is 6.69. The van der Waals surface area contributed by atoms with E-state index in [1.807, 2.05) is 60.4 Å². The molecule has 1 unspecified atom stereocenters. The standard InChI is InChI=1S/C26H32N2O3/c1-20-10-3-4-11-21(20)25(30)28-16-9-15-26(19-28)14-7-2-8-17-31-23-13-6-5-12-22(23)24(29)27-18-26/h3-6,10-13H,2,7-9,14-19H2,1H3,(H,27,29). The van der Waals surface area contributed by atoms with Gasteiger partial charge < -0.3 is 15.0 Å². The molecule has 1 saturated heterocycles. The minimum atomic E-state index is -0.0992. The van der Waals surface area contributed by atoms with Gasteiger partial charge in [0.1, 0.15) is 5.75 Å². The van der Waals surface area contributed by atoms with Crippen LogP contribution in [0.2, 0.25) is 0 Å². The number of nitrogens with one attached hydrogen (secondary N) is 1. The fourth-order valence-corrected chi connectivity index (χ4v) is 4.91. The number of carbonyl (C=O) groups is 2. The monoisotopic (exact) mass is 420 g/mol. The molecule has 2 aliphatic rings. The Morgan fingerprint density at radius 2 is 1.77 bits per heavy atom. The van der Waals surface area contributed by atoms with Gasteiger partial charge in [-0.05, 0) is 56.4 Å². The smallest absolute Gasteiger partial charge is 0.255 e. The molecule has 31 heavy (non-hydrogen) atoms. The highest BCUT2D eigenvalue weighted by molar-refractivity contribution is 5.97. The van der Waals surface area contributed by atoms with Crippen molar-refractivity contribution in [2.45, 2.75) is 45.4 Å². The number of hydrogen-bond acceptors (Lipinski definition) is 3. The number of aryl methyl sites for hydroxylation is 1. The highest BCUT2D eigenvalue weighted by Crippen LogP contribution is 2.36. The van der Waals surface area contributed by atoms with Gasteiger partial charge in [-0.15, -0.1) is 0 Å². The van der Waals surface area contributed by atoms with E-state index in [4.69, 9.17) is 4.74 Å². The minimum Gasteiger partial charge on any atom is -0.493 e. The van der Waals surface area contributed by atoms with Crippen molar-refractivity contribution in [3.05, 3.63) is 65.2 Å². The molecule has 0 aromatic heterocycles. The molecule has 2 aromatic rings. The Labute approximate surface area is 184 Å². The van der Waals surface area contributed by atoms with Crippen LogP contribution < -0.4 is 10.1 Å². The van der Waals surface area contributed by atoms with Crippen LogP contribution in [-0.2, 0) is 0 Å². The first-order valence-electron chi connectivity index (χ1n) is 11.4. The van der Waals surface area contributed by atoms with Gasteiger partial charge in [-0.25, -0.2) is 0 Å². The van der Waals surface area contributed by atoms with Crippen LogP contribution in [0.15, 0.2) is 48.5 Å². The largest absolute Gasteiger partial charge is 0.493 e. The number of para-hydroxylation sites is 1. The highest BCUT2D eigenvalue weighted by Gasteiger charge is 2.37. The van der Waals surface area contributed by atoms with E-state index in [-0.39, 0.29) is 17.2 Å². The maximum absolute atomic E-state index is 13.3. The number of amides is 2. The first-order valence-corrected chi connectivity index (χ1v) is 11.4. The Kier molecular flexibility index (Phi) is 6.59. The molecular formula is C26H32N2O3. The second kappa shape index (κ2) is 9.54. The van der Waals surface area contributed by atoms with Crippen molar-refractivity contribution < 1.29 is 14.3 Å². The molecule has 0 radical (unpaired) electrons. The summed E-state index contributed by atoms with van der Waals surface area (Å²) in [6, 6.07) is 15.2. The third-order valence-corrected chi connectivity index (χ3v) is 6.69. The second-order valence-electron chi connectivity index (χ2n) is 8.98. The van der Waals surface area contributed by atoms with E-state index in [0.717, 1.165) is 56.2 Å². The van der Waals surface area contributed by atoms with Crippen LogP contribution in [0.5, 0.6) is 5.75 Å². The molecule has 5 nitrogen and oxygen atoms in total. The van der Waals surface area contributed by atoms with Crippen LogP contribution in [0.25, 0.3) is 0 Å². The Hall–Kier alpha value is -2.82. The quantitative estimate of drug-likeness (QED) is 0.733. The summed E-state index contributed by atoms with van der Waals surface area (Å²) in [7, 11) is 0. The zero-order chi connectivity index (χ0) is 21.7. The number of rotatable bonds is 1. The summed E-state index contributed by atoms with van der Waals surface area (Å²) in [5, 5.41) is 3.17. The number of carbonyl (C=O) groups excluding carboxylic acids is 2. The lowest BCUT2D eigenvalue weighted by molar-refractivity contribution is 0.0468. The molecule has 2 aromatic carbocycles. The maximum Gasteiger partial charge on any atom is 0.255 e. The van der Waals surface area contributed by atoms with Crippen molar-refractivity contribution >= 4 is 11.8 Å². The summed E-state index contributed by atoms with van der Waals surface area (Å²) in [4.78, 5) is 28.2. The third kappa shape index (κ3) is 4.92. The van der Waals surface area contributed by atoms with Gasteiger partial charge in [-0.3, -0.25) is 9.59 Å². The van der Waals surface area contributed by atoms with E-state index in [1.54, 1.807) is 0 Å². The van der Waals surface area contributed by atoms with Crippen LogP contribution in [-0.4, -0.2) is 43.0 Å². The van der Waals surface area contributed by atoms with Crippen LogP contribution in [0.1, 0.15) is 64.8 Å². The van der Waals surface area contributed by atoms with Gasteiger partial charge in [0.15, 0.2) is 0 Å². The van der Waals surface area contributed by atoms with Crippen LogP contribution in [0.4, 0.5) is 0 Å². The lowest BCUT2D eigenvalue weighted by Crippen LogP contribution is -2.51. The van der Waals surface area contributed by atoms with Gasteiger partial charge in [0.25, 0.3) is 11.8 Å². The summed E-state index contributed by atoms with van der Waals surface area (Å²) in [5.41, 5.74) is 2.29. The van der Waals surface area contributed by atoms with E-state index < -0.39 is 0 Å². The van der Waals surface area contributed by atoms with Crippen LogP contribution >= 0.6 is 0 Å². The van der Waals surface area contributed by atoms with E-state index >= 15 is 0 Å². The first kappa shape index (κ1) is 21.4. The van der Waals surface area contributed by atoms with Crippen LogP contribution in [0.3, 0.4) is 0 Å². The predicted octanol–water partition coefficient (Wildman–Crippen LogP) is 4.60. The molecule has 1 fully saturated rings. The normalized spacial score (nSPS) is 22.5. The fourth-order valence-electron chi connectivity index (χ4n) is 4.91. The second-order valence-corrected chi connectivity index (χ2v) is 8.98. The van der Waals surface area contributed by atoms with Crippen LogP contribution in [0, 0.1) is 12.3 Å². The van der Waals surface area contributed by atoms with E-state index in [0.29, 0.717) is 31.0 Å². The molecule has 5 heteroatoms. The molecule has 2 heterocycles. The molecular weight excluding hydrogens is 388 g/mol. The number of likely N-dealkylation sites (tertiary alicyclic amines) is 1. The Morgan fingerprint density at radius 3 is 2.65 bits per heavy atom.